The summed E-state index contributed by atoms with van der Waals surface area (Å²) in [5.74, 6) is 1.70. The van der Waals surface area contributed by atoms with Gasteiger partial charge in [0, 0.05) is 12.6 Å². The number of hydrogen-bond acceptors (Lipinski definition) is 3. The zero-order valence-electron chi connectivity index (χ0n) is 12.8. The number of benzene rings is 2. The SMILES string of the molecule is COc1cc(CCCNCc2ccccc2)cc(OC)c1. The normalized spacial score (nSPS) is 10.4. The fraction of sp³-hybridized carbons (Fsp3) is 0.333. The van der Waals surface area contributed by atoms with Gasteiger partial charge in [0.1, 0.15) is 11.5 Å². The lowest BCUT2D eigenvalue weighted by Gasteiger charge is -2.09. The van der Waals surface area contributed by atoms with Crippen molar-refractivity contribution in [2.75, 3.05) is 20.8 Å². The van der Waals surface area contributed by atoms with Crippen LogP contribution in [0.1, 0.15) is 17.5 Å². The molecular weight excluding hydrogens is 262 g/mol. The summed E-state index contributed by atoms with van der Waals surface area (Å²) >= 11 is 0. The van der Waals surface area contributed by atoms with E-state index in [1.807, 2.05) is 12.1 Å². The van der Waals surface area contributed by atoms with Gasteiger partial charge in [-0.25, -0.2) is 0 Å². The van der Waals surface area contributed by atoms with E-state index in [1.165, 1.54) is 11.1 Å². The van der Waals surface area contributed by atoms with Crippen molar-refractivity contribution in [1.29, 1.82) is 0 Å². The van der Waals surface area contributed by atoms with Crippen LogP contribution in [0.4, 0.5) is 0 Å². The van der Waals surface area contributed by atoms with E-state index in [-0.39, 0.29) is 0 Å². The second kappa shape index (κ2) is 8.32. The average molecular weight is 285 g/mol. The molecule has 0 amide bonds. The molecule has 0 atom stereocenters. The fourth-order valence-electron chi connectivity index (χ4n) is 2.26. The topological polar surface area (TPSA) is 30.5 Å². The maximum Gasteiger partial charge on any atom is 0.122 e. The highest BCUT2D eigenvalue weighted by Gasteiger charge is 2.02. The smallest absolute Gasteiger partial charge is 0.122 e. The van der Waals surface area contributed by atoms with Gasteiger partial charge in [-0.2, -0.15) is 0 Å². The average Bonchev–Trinajstić information content (AvgIpc) is 2.55. The van der Waals surface area contributed by atoms with E-state index in [9.17, 15) is 0 Å². The minimum Gasteiger partial charge on any atom is -0.497 e. The molecule has 21 heavy (non-hydrogen) atoms. The number of aryl methyl sites for hydroxylation is 1. The summed E-state index contributed by atoms with van der Waals surface area (Å²) in [4.78, 5) is 0. The third-order valence-corrected chi connectivity index (χ3v) is 3.40. The van der Waals surface area contributed by atoms with Crippen LogP contribution in [-0.4, -0.2) is 20.8 Å². The number of rotatable bonds is 8. The number of ether oxygens (including phenoxy) is 2. The molecule has 0 radical (unpaired) electrons. The standard InChI is InChI=1S/C18H23NO2/c1-20-17-11-16(12-18(13-17)21-2)9-6-10-19-14-15-7-4-3-5-8-15/h3-5,7-8,11-13,19H,6,9-10,14H2,1-2H3. The molecule has 1 N–H and O–H groups in total. The molecule has 0 spiro atoms. The largest absolute Gasteiger partial charge is 0.497 e. The molecule has 0 heterocycles. The van der Waals surface area contributed by atoms with Crippen LogP contribution < -0.4 is 14.8 Å². The van der Waals surface area contributed by atoms with Crippen LogP contribution in [0, 0.1) is 0 Å². The highest BCUT2D eigenvalue weighted by molar-refractivity contribution is 5.38. The maximum atomic E-state index is 5.29. The van der Waals surface area contributed by atoms with Crippen LogP contribution in [0.3, 0.4) is 0 Å². The summed E-state index contributed by atoms with van der Waals surface area (Å²) < 4.78 is 10.6. The van der Waals surface area contributed by atoms with Gasteiger partial charge in [-0.15, -0.1) is 0 Å². The number of hydrogen-bond donors (Lipinski definition) is 1. The van der Waals surface area contributed by atoms with Crippen molar-refractivity contribution in [2.45, 2.75) is 19.4 Å². The van der Waals surface area contributed by atoms with Gasteiger partial charge in [0.05, 0.1) is 14.2 Å². The van der Waals surface area contributed by atoms with E-state index >= 15 is 0 Å². The Morgan fingerprint density at radius 3 is 2.14 bits per heavy atom. The Morgan fingerprint density at radius 2 is 1.52 bits per heavy atom. The van der Waals surface area contributed by atoms with Crippen LogP contribution >= 0.6 is 0 Å². The first-order valence-corrected chi connectivity index (χ1v) is 7.28. The monoisotopic (exact) mass is 285 g/mol. The molecule has 0 aliphatic heterocycles. The highest BCUT2D eigenvalue weighted by atomic mass is 16.5. The van der Waals surface area contributed by atoms with Crippen molar-refractivity contribution in [1.82, 2.24) is 5.32 Å². The molecule has 0 fully saturated rings. The molecule has 0 saturated heterocycles. The Kier molecular flexibility index (Phi) is 6.10. The van der Waals surface area contributed by atoms with E-state index in [2.05, 4.69) is 41.7 Å². The van der Waals surface area contributed by atoms with Gasteiger partial charge in [-0.1, -0.05) is 30.3 Å². The molecular formula is C18H23NO2. The lowest BCUT2D eigenvalue weighted by molar-refractivity contribution is 0.393. The van der Waals surface area contributed by atoms with Gasteiger partial charge in [0.2, 0.25) is 0 Å². The summed E-state index contributed by atoms with van der Waals surface area (Å²) in [5.41, 5.74) is 2.56. The Morgan fingerprint density at radius 1 is 0.857 bits per heavy atom. The Labute approximate surface area is 126 Å². The van der Waals surface area contributed by atoms with Crippen molar-refractivity contribution in [3.8, 4) is 11.5 Å². The van der Waals surface area contributed by atoms with Crippen molar-refractivity contribution in [3.05, 3.63) is 59.7 Å². The number of nitrogens with one attached hydrogen (secondary N) is 1. The van der Waals surface area contributed by atoms with E-state index in [0.717, 1.165) is 37.4 Å². The summed E-state index contributed by atoms with van der Waals surface area (Å²) in [7, 11) is 3.36. The van der Waals surface area contributed by atoms with Gasteiger partial charge in [0.15, 0.2) is 0 Å². The molecule has 0 aliphatic rings. The summed E-state index contributed by atoms with van der Waals surface area (Å²) in [6.45, 7) is 1.91. The molecule has 0 unspecified atom stereocenters. The molecule has 3 nitrogen and oxygen atoms in total. The zero-order chi connectivity index (χ0) is 14.9. The van der Waals surface area contributed by atoms with Gasteiger partial charge in [-0.3, -0.25) is 0 Å². The summed E-state index contributed by atoms with van der Waals surface area (Å²) in [6.07, 6.45) is 2.10. The van der Waals surface area contributed by atoms with Crippen molar-refractivity contribution in [2.24, 2.45) is 0 Å². The molecule has 2 aromatic rings. The summed E-state index contributed by atoms with van der Waals surface area (Å²) in [5, 5.41) is 3.47. The molecule has 0 aromatic heterocycles. The first kappa shape index (κ1) is 15.4. The van der Waals surface area contributed by atoms with E-state index in [1.54, 1.807) is 14.2 Å². The van der Waals surface area contributed by atoms with Crippen LogP contribution in [0.2, 0.25) is 0 Å². The number of methoxy groups -OCH3 is 2. The van der Waals surface area contributed by atoms with Gasteiger partial charge in [0.25, 0.3) is 0 Å². The van der Waals surface area contributed by atoms with Crippen LogP contribution in [-0.2, 0) is 13.0 Å². The van der Waals surface area contributed by atoms with Gasteiger partial charge < -0.3 is 14.8 Å². The van der Waals surface area contributed by atoms with Crippen molar-refractivity contribution < 1.29 is 9.47 Å². The molecule has 2 aromatic carbocycles. The quantitative estimate of drug-likeness (QED) is 0.754. The van der Waals surface area contributed by atoms with E-state index in [0.29, 0.717) is 0 Å². The third-order valence-electron chi connectivity index (χ3n) is 3.40. The van der Waals surface area contributed by atoms with Crippen molar-refractivity contribution in [3.63, 3.8) is 0 Å². The van der Waals surface area contributed by atoms with E-state index < -0.39 is 0 Å². The van der Waals surface area contributed by atoms with E-state index in [4.69, 9.17) is 9.47 Å². The van der Waals surface area contributed by atoms with Gasteiger partial charge in [-0.05, 0) is 42.6 Å². The predicted molar refractivity (Wildman–Crippen MR) is 86.0 cm³/mol. The summed E-state index contributed by atoms with van der Waals surface area (Å²) in [6, 6.07) is 16.5. The van der Waals surface area contributed by atoms with Gasteiger partial charge >= 0.3 is 0 Å². The fourth-order valence-corrected chi connectivity index (χ4v) is 2.26. The molecule has 0 bridgehead atoms. The maximum absolute atomic E-state index is 5.29. The molecule has 0 saturated carbocycles. The Bertz CT molecular complexity index is 518. The second-order valence-electron chi connectivity index (χ2n) is 4.99. The van der Waals surface area contributed by atoms with Crippen LogP contribution in [0.5, 0.6) is 11.5 Å². The zero-order valence-corrected chi connectivity index (χ0v) is 12.8. The third kappa shape index (κ3) is 5.12. The molecule has 3 heteroatoms. The second-order valence-corrected chi connectivity index (χ2v) is 4.99. The first-order valence-electron chi connectivity index (χ1n) is 7.28. The minimum absolute atomic E-state index is 0.849. The predicted octanol–water partition coefficient (Wildman–Crippen LogP) is 3.43. The molecule has 112 valence electrons. The highest BCUT2D eigenvalue weighted by Crippen LogP contribution is 2.23. The van der Waals surface area contributed by atoms with Crippen molar-refractivity contribution >= 4 is 0 Å². The van der Waals surface area contributed by atoms with Crippen LogP contribution in [0.15, 0.2) is 48.5 Å². The lowest BCUT2D eigenvalue weighted by Crippen LogP contribution is -2.15. The minimum atomic E-state index is 0.849. The lowest BCUT2D eigenvalue weighted by atomic mass is 10.1. The van der Waals surface area contributed by atoms with Crippen LogP contribution in [0.25, 0.3) is 0 Å². The Hall–Kier alpha value is -2.00. The molecule has 0 aliphatic carbocycles. The molecule has 2 rings (SSSR count). The first-order chi connectivity index (χ1) is 10.3. The Balaban J connectivity index is 1.75.